The predicted octanol–water partition coefficient (Wildman–Crippen LogP) is 3.88. The van der Waals surface area contributed by atoms with Crippen LogP contribution in [0.1, 0.15) is 10.4 Å². The van der Waals surface area contributed by atoms with Crippen LogP contribution in [0.5, 0.6) is 11.5 Å². The van der Waals surface area contributed by atoms with E-state index in [1.807, 2.05) is 19.0 Å². The number of rotatable bonds is 10. The summed E-state index contributed by atoms with van der Waals surface area (Å²) in [6.07, 6.45) is -1.51. The Morgan fingerprint density at radius 3 is 2.60 bits per heavy atom. The number of hydrogen-bond donors (Lipinski definition) is 2. The van der Waals surface area contributed by atoms with Gasteiger partial charge in [-0.3, -0.25) is 9.20 Å². The third-order valence-electron chi connectivity index (χ3n) is 4.85. The van der Waals surface area contributed by atoms with E-state index in [1.54, 1.807) is 28.0 Å². The second-order valence-corrected chi connectivity index (χ2v) is 7.71. The number of amides is 1. The van der Waals surface area contributed by atoms with Crippen LogP contribution in [-0.4, -0.2) is 73.8 Å². The van der Waals surface area contributed by atoms with Crippen molar-refractivity contribution in [2.75, 3.05) is 46.2 Å². The van der Waals surface area contributed by atoms with Crippen LogP contribution < -0.4 is 20.1 Å². The summed E-state index contributed by atoms with van der Waals surface area (Å²) < 4.78 is 75.7. The highest BCUT2D eigenvalue weighted by molar-refractivity contribution is 6.03. The zero-order chi connectivity index (χ0) is 25.8. The van der Waals surface area contributed by atoms with Crippen molar-refractivity contribution in [3.63, 3.8) is 0 Å². The van der Waals surface area contributed by atoms with E-state index in [-0.39, 0.29) is 5.69 Å². The Morgan fingerprint density at radius 1 is 1.23 bits per heavy atom. The van der Waals surface area contributed by atoms with Gasteiger partial charge in [0.05, 0.1) is 17.6 Å². The van der Waals surface area contributed by atoms with Crippen LogP contribution in [0.3, 0.4) is 0 Å². The van der Waals surface area contributed by atoms with Crippen LogP contribution >= 0.6 is 0 Å². The van der Waals surface area contributed by atoms with Crippen molar-refractivity contribution in [3.8, 4) is 22.8 Å². The highest BCUT2D eigenvalue weighted by Gasteiger charge is 2.30. The molecule has 2 N–H and O–H groups in total. The number of pyridine rings is 1. The first-order valence-electron chi connectivity index (χ1n) is 10.4. The number of halogens is 5. The van der Waals surface area contributed by atoms with Crippen LogP contribution in [0.25, 0.3) is 16.9 Å². The zero-order valence-electron chi connectivity index (χ0n) is 19.1. The van der Waals surface area contributed by atoms with Crippen LogP contribution in [0.4, 0.5) is 27.6 Å². The standard InChI is InChI=1S/C22H24F5N5O3/c1-28-15-8-13(9-17(35-21(23)24)19(15)20(33)30-12-22(25,26)27)16-11-29-18-10-14(4-5-32(16)18)34-7-6-31(2)3/h4-5,8-11,21,28H,6-7,12H2,1-3H3,(H,30,33). The number of aromatic nitrogens is 2. The molecule has 35 heavy (non-hydrogen) atoms. The maximum absolute atomic E-state index is 13.1. The number of benzene rings is 1. The molecule has 0 aliphatic carbocycles. The number of imidazole rings is 1. The molecule has 3 rings (SSSR count). The maximum atomic E-state index is 13.1. The summed E-state index contributed by atoms with van der Waals surface area (Å²) in [5.74, 6) is -1.21. The van der Waals surface area contributed by atoms with Crippen LogP contribution in [0, 0.1) is 0 Å². The summed E-state index contributed by atoms with van der Waals surface area (Å²) in [4.78, 5) is 18.7. The van der Waals surface area contributed by atoms with E-state index >= 15 is 0 Å². The number of carbonyl (C=O) groups excluding carboxylic acids is 1. The zero-order valence-corrected chi connectivity index (χ0v) is 19.1. The van der Waals surface area contributed by atoms with Gasteiger partial charge in [0, 0.05) is 31.4 Å². The maximum Gasteiger partial charge on any atom is 0.405 e. The van der Waals surface area contributed by atoms with Crippen LogP contribution in [0.15, 0.2) is 36.7 Å². The first kappa shape index (κ1) is 26.0. The molecular formula is C22H24F5N5O3. The molecule has 1 aromatic carbocycles. The Hall–Kier alpha value is -3.61. The van der Waals surface area contributed by atoms with E-state index < -0.39 is 36.6 Å². The molecule has 0 atom stereocenters. The fourth-order valence-corrected chi connectivity index (χ4v) is 3.26. The fourth-order valence-electron chi connectivity index (χ4n) is 3.26. The minimum absolute atomic E-state index is 0.00332. The molecular weight excluding hydrogens is 477 g/mol. The number of anilines is 1. The largest absolute Gasteiger partial charge is 0.492 e. The van der Waals surface area contributed by atoms with Gasteiger partial charge < -0.3 is 25.0 Å². The van der Waals surface area contributed by atoms with Crippen molar-refractivity contribution >= 4 is 17.2 Å². The topological polar surface area (TPSA) is 80.1 Å². The predicted molar refractivity (Wildman–Crippen MR) is 119 cm³/mol. The van der Waals surface area contributed by atoms with Gasteiger partial charge in [-0.25, -0.2) is 4.98 Å². The minimum Gasteiger partial charge on any atom is -0.492 e. The number of fused-ring (bicyclic) bond motifs is 1. The lowest BCUT2D eigenvalue weighted by Gasteiger charge is -2.17. The third-order valence-corrected chi connectivity index (χ3v) is 4.85. The molecule has 0 spiro atoms. The molecule has 0 aliphatic rings. The van der Waals surface area contributed by atoms with E-state index in [1.165, 1.54) is 19.3 Å². The molecule has 0 saturated carbocycles. The van der Waals surface area contributed by atoms with Gasteiger partial charge >= 0.3 is 12.8 Å². The number of hydrogen-bond acceptors (Lipinski definition) is 6. The first-order valence-corrected chi connectivity index (χ1v) is 10.4. The molecule has 1 amide bonds. The summed E-state index contributed by atoms with van der Waals surface area (Å²) in [6.45, 7) is -3.76. The summed E-state index contributed by atoms with van der Waals surface area (Å²) in [6, 6.07) is 6.00. The van der Waals surface area contributed by atoms with E-state index in [0.717, 1.165) is 6.07 Å². The van der Waals surface area contributed by atoms with Crippen molar-refractivity contribution in [1.29, 1.82) is 0 Å². The Labute approximate surface area is 197 Å². The fraction of sp³-hybridized carbons (Fsp3) is 0.364. The lowest BCUT2D eigenvalue weighted by atomic mass is 10.0. The van der Waals surface area contributed by atoms with Crippen molar-refractivity contribution in [3.05, 3.63) is 42.2 Å². The number of likely N-dealkylation sites (N-methyl/N-ethyl adjacent to an activating group) is 1. The molecule has 0 radical (unpaired) electrons. The Bertz CT molecular complexity index is 1180. The number of nitrogens with zero attached hydrogens (tertiary/aromatic N) is 3. The van der Waals surface area contributed by atoms with Gasteiger partial charge in [0.2, 0.25) is 0 Å². The van der Waals surface area contributed by atoms with Crippen molar-refractivity contribution in [2.45, 2.75) is 12.8 Å². The van der Waals surface area contributed by atoms with E-state index in [4.69, 9.17) is 4.74 Å². The third kappa shape index (κ3) is 6.72. The molecule has 8 nitrogen and oxygen atoms in total. The summed E-state index contributed by atoms with van der Waals surface area (Å²) in [5, 5.41) is 4.34. The normalized spacial score (nSPS) is 11.8. The highest BCUT2D eigenvalue weighted by atomic mass is 19.4. The number of carbonyl (C=O) groups is 1. The SMILES string of the molecule is CNc1cc(-c2cnc3cc(OCCN(C)C)ccn23)cc(OC(F)F)c1C(=O)NCC(F)(F)F. The van der Waals surface area contributed by atoms with Gasteiger partial charge in [-0.05, 0) is 32.3 Å². The monoisotopic (exact) mass is 501 g/mol. The number of ether oxygens (including phenoxy) is 2. The van der Waals surface area contributed by atoms with Gasteiger partial charge in [-0.2, -0.15) is 22.0 Å². The molecule has 0 fully saturated rings. The average Bonchev–Trinajstić information content (AvgIpc) is 3.19. The molecule has 0 saturated heterocycles. The van der Waals surface area contributed by atoms with E-state index in [0.29, 0.717) is 35.8 Å². The second kappa shape index (κ2) is 10.8. The van der Waals surface area contributed by atoms with Gasteiger partial charge in [-0.15, -0.1) is 0 Å². The van der Waals surface area contributed by atoms with Gasteiger partial charge in [0.15, 0.2) is 0 Å². The number of alkyl halides is 5. The van der Waals surface area contributed by atoms with Crippen molar-refractivity contribution in [2.24, 2.45) is 0 Å². The Balaban J connectivity index is 1.99. The van der Waals surface area contributed by atoms with E-state index in [9.17, 15) is 26.7 Å². The van der Waals surface area contributed by atoms with Gasteiger partial charge in [-0.1, -0.05) is 0 Å². The lowest BCUT2D eigenvalue weighted by Crippen LogP contribution is -2.34. The molecule has 13 heteroatoms. The molecule has 190 valence electrons. The molecule has 0 unspecified atom stereocenters. The average molecular weight is 501 g/mol. The van der Waals surface area contributed by atoms with E-state index in [2.05, 4.69) is 15.0 Å². The summed E-state index contributed by atoms with van der Waals surface area (Å²) >= 11 is 0. The molecule has 0 aliphatic heterocycles. The summed E-state index contributed by atoms with van der Waals surface area (Å²) in [7, 11) is 5.24. The quantitative estimate of drug-likeness (QED) is 0.411. The van der Waals surface area contributed by atoms with Crippen LogP contribution in [0.2, 0.25) is 0 Å². The van der Waals surface area contributed by atoms with Crippen LogP contribution in [-0.2, 0) is 0 Å². The second-order valence-electron chi connectivity index (χ2n) is 7.71. The molecule has 2 heterocycles. The highest BCUT2D eigenvalue weighted by Crippen LogP contribution is 2.35. The molecule has 0 bridgehead atoms. The molecule has 3 aromatic rings. The number of nitrogens with one attached hydrogen (secondary N) is 2. The minimum atomic E-state index is -4.68. The summed E-state index contributed by atoms with van der Waals surface area (Å²) in [5.41, 5.74) is 0.836. The first-order chi connectivity index (χ1) is 16.5. The van der Waals surface area contributed by atoms with Crippen molar-refractivity contribution in [1.82, 2.24) is 19.6 Å². The molecule has 2 aromatic heterocycles. The Morgan fingerprint density at radius 2 is 1.97 bits per heavy atom. The van der Waals surface area contributed by atoms with Crippen molar-refractivity contribution < 1.29 is 36.2 Å². The van der Waals surface area contributed by atoms with Gasteiger partial charge in [0.25, 0.3) is 5.91 Å². The smallest absolute Gasteiger partial charge is 0.405 e. The van der Waals surface area contributed by atoms with Gasteiger partial charge in [0.1, 0.15) is 35.9 Å². The lowest BCUT2D eigenvalue weighted by molar-refractivity contribution is -0.123. The Kier molecular flexibility index (Phi) is 7.99.